The van der Waals surface area contributed by atoms with Crippen LogP contribution in [0.15, 0.2) is 24.3 Å². The Hall–Kier alpha value is -1.48. The molecule has 3 heteroatoms. The van der Waals surface area contributed by atoms with E-state index < -0.39 is 11.5 Å². The first kappa shape index (κ1) is 13.0. The van der Waals surface area contributed by atoms with Gasteiger partial charge in [0.05, 0.1) is 16.4 Å². The van der Waals surface area contributed by atoms with Crippen LogP contribution in [0, 0.1) is 10.8 Å². The Morgan fingerprint density at radius 2 is 1.91 bits per heavy atom. The van der Waals surface area contributed by atoms with Crippen LogP contribution in [0.25, 0.3) is 0 Å². The van der Waals surface area contributed by atoms with Crippen molar-refractivity contribution < 1.29 is 14.3 Å². The zero-order valence-corrected chi connectivity index (χ0v) is 12.9. The summed E-state index contributed by atoms with van der Waals surface area (Å²) in [6.45, 7) is 2.08. The number of hydrogen-bond acceptors (Lipinski definition) is 3. The normalized spacial score (nSPS) is 45.4. The number of benzene rings is 1. The number of ketones is 2. The van der Waals surface area contributed by atoms with E-state index in [1.54, 1.807) is 0 Å². The fourth-order valence-corrected chi connectivity index (χ4v) is 5.73. The summed E-state index contributed by atoms with van der Waals surface area (Å²) in [5.74, 6) is 0.338. The minimum Gasteiger partial charge on any atom is -0.362 e. The summed E-state index contributed by atoms with van der Waals surface area (Å²) >= 11 is 0. The topological polar surface area (TPSA) is 43.4 Å². The standard InChI is InChI=1S/C19H20O3/c1-17-8-4-5-9-19(17)11-18(16(22-19)15(17)21)10-12-6-2-3-7-13(12)14(18)20/h2-3,6-7,16H,4-5,8-11H2,1H3/t16-,17+,18-,19-/m1/s1. The molecule has 3 fully saturated rings. The van der Waals surface area contributed by atoms with Crippen molar-refractivity contribution in [2.45, 2.75) is 57.2 Å². The lowest BCUT2D eigenvalue weighted by Gasteiger charge is -2.47. The molecule has 1 saturated carbocycles. The van der Waals surface area contributed by atoms with Gasteiger partial charge >= 0.3 is 0 Å². The van der Waals surface area contributed by atoms with Crippen molar-refractivity contribution in [3.8, 4) is 0 Å². The second-order valence-electron chi connectivity index (χ2n) is 7.89. The molecule has 0 aromatic heterocycles. The third kappa shape index (κ3) is 1.18. The molecule has 0 unspecified atom stereocenters. The first-order chi connectivity index (χ1) is 10.5. The van der Waals surface area contributed by atoms with Gasteiger partial charge in [0.25, 0.3) is 0 Å². The average Bonchev–Trinajstić information content (AvgIpc) is 3.07. The van der Waals surface area contributed by atoms with Gasteiger partial charge in [0, 0.05) is 5.56 Å². The quantitative estimate of drug-likeness (QED) is 0.739. The van der Waals surface area contributed by atoms with Crippen LogP contribution in [-0.4, -0.2) is 23.3 Å². The van der Waals surface area contributed by atoms with E-state index in [0.29, 0.717) is 6.42 Å². The van der Waals surface area contributed by atoms with E-state index in [2.05, 4.69) is 6.92 Å². The molecule has 2 saturated heterocycles. The zero-order valence-electron chi connectivity index (χ0n) is 12.9. The van der Waals surface area contributed by atoms with Gasteiger partial charge in [-0.05, 0) is 38.2 Å². The second kappa shape index (κ2) is 3.70. The van der Waals surface area contributed by atoms with Crippen LogP contribution in [0.5, 0.6) is 0 Å². The lowest BCUT2D eigenvalue weighted by atomic mass is 9.52. The number of hydrogen-bond donors (Lipinski definition) is 0. The van der Waals surface area contributed by atoms with Crippen LogP contribution in [-0.2, 0) is 16.0 Å². The van der Waals surface area contributed by atoms with Crippen molar-refractivity contribution >= 4 is 11.6 Å². The Labute approximate surface area is 130 Å². The van der Waals surface area contributed by atoms with Crippen molar-refractivity contribution in [2.75, 3.05) is 0 Å². The van der Waals surface area contributed by atoms with Gasteiger partial charge < -0.3 is 4.74 Å². The maximum absolute atomic E-state index is 13.1. The molecule has 0 amide bonds. The predicted molar refractivity (Wildman–Crippen MR) is 80.7 cm³/mol. The summed E-state index contributed by atoms with van der Waals surface area (Å²) < 4.78 is 6.35. The van der Waals surface area contributed by atoms with Crippen LogP contribution in [0.4, 0.5) is 0 Å². The first-order valence-corrected chi connectivity index (χ1v) is 8.37. The Bertz CT molecular complexity index is 723. The molecule has 114 valence electrons. The minimum atomic E-state index is -0.613. The van der Waals surface area contributed by atoms with Gasteiger partial charge in [-0.3, -0.25) is 9.59 Å². The Morgan fingerprint density at radius 3 is 2.73 bits per heavy atom. The van der Waals surface area contributed by atoms with E-state index in [1.807, 2.05) is 24.3 Å². The highest BCUT2D eigenvalue weighted by Crippen LogP contribution is 2.67. The highest BCUT2D eigenvalue weighted by Gasteiger charge is 2.77. The first-order valence-electron chi connectivity index (χ1n) is 8.37. The summed E-state index contributed by atoms with van der Waals surface area (Å²) in [5, 5.41) is 0. The minimum absolute atomic E-state index is 0.144. The zero-order chi connectivity index (χ0) is 15.2. The Morgan fingerprint density at radius 1 is 1.14 bits per heavy atom. The number of Topliss-reactive ketones (excluding diaryl/α,β-unsaturated/α-hetero) is 2. The molecule has 5 rings (SSSR count). The summed E-state index contributed by atoms with van der Waals surface area (Å²) in [4.78, 5) is 26.2. The van der Waals surface area contributed by atoms with Crippen molar-refractivity contribution in [1.82, 2.24) is 0 Å². The summed E-state index contributed by atoms with van der Waals surface area (Å²) in [6.07, 6.45) is 4.94. The molecule has 4 aliphatic rings. The van der Waals surface area contributed by atoms with E-state index in [1.165, 1.54) is 0 Å². The van der Waals surface area contributed by atoms with E-state index in [9.17, 15) is 9.59 Å². The lowest BCUT2D eigenvalue weighted by molar-refractivity contribution is -0.135. The van der Waals surface area contributed by atoms with Crippen molar-refractivity contribution in [2.24, 2.45) is 10.8 Å². The van der Waals surface area contributed by atoms with Crippen molar-refractivity contribution in [1.29, 1.82) is 0 Å². The molecule has 0 N–H and O–H groups in total. The SMILES string of the molecule is C[C@@]12CCCC[C@@]13C[C@@]1(Cc4ccccc4C1=O)[C@H](O3)C2=O. The van der Waals surface area contributed by atoms with Crippen LogP contribution >= 0.6 is 0 Å². The summed E-state index contributed by atoms with van der Waals surface area (Å²) in [6, 6.07) is 7.81. The van der Waals surface area contributed by atoms with Gasteiger partial charge in [0.15, 0.2) is 11.6 Å². The maximum Gasteiger partial charge on any atom is 0.172 e. The molecule has 0 radical (unpaired) electrons. The number of rotatable bonds is 0. The number of carbonyl (C=O) groups excluding carboxylic acids is 2. The fraction of sp³-hybridized carbons (Fsp3) is 0.579. The van der Waals surface area contributed by atoms with Crippen LogP contribution in [0.2, 0.25) is 0 Å². The average molecular weight is 296 g/mol. The van der Waals surface area contributed by atoms with Gasteiger partial charge in [-0.25, -0.2) is 0 Å². The predicted octanol–water partition coefficient (Wildman–Crippen LogP) is 3.10. The summed E-state index contributed by atoms with van der Waals surface area (Å²) in [7, 11) is 0. The molecule has 2 aliphatic carbocycles. The molecule has 2 bridgehead atoms. The molecule has 2 aliphatic heterocycles. The van der Waals surface area contributed by atoms with Crippen LogP contribution in [0.3, 0.4) is 0 Å². The highest BCUT2D eigenvalue weighted by atomic mass is 16.5. The molecule has 1 aromatic rings. The maximum atomic E-state index is 13.1. The molecule has 1 aromatic carbocycles. The van der Waals surface area contributed by atoms with Gasteiger partial charge in [-0.2, -0.15) is 0 Å². The van der Waals surface area contributed by atoms with E-state index in [4.69, 9.17) is 4.74 Å². The Kier molecular flexibility index (Phi) is 2.19. The van der Waals surface area contributed by atoms with Crippen LogP contribution < -0.4 is 0 Å². The number of ether oxygens (including phenoxy) is 1. The molecule has 2 heterocycles. The van der Waals surface area contributed by atoms with Gasteiger partial charge in [-0.15, -0.1) is 0 Å². The van der Waals surface area contributed by atoms with E-state index >= 15 is 0 Å². The molecule has 22 heavy (non-hydrogen) atoms. The highest BCUT2D eigenvalue weighted by molar-refractivity contribution is 6.10. The number of fused-ring (bicyclic) bond motifs is 3. The van der Waals surface area contributed by atoms with Gasteiger partial charge in [0.2, 0.25) is 0 Å². The van der Waals surface area contributed by atoms with Crippen molar-refractivity contribution in [3.05, 3.63) is 35.4 Å². The molecule has 3 nitrogen and oxygen atoms in total. The van der Waals surface area contributed by atoms with Gasteiger partial charge in [-0.1, -0.05) is 37.1 Å². The monoisotopic (exact) mass is 296 g/mol. The third-order valence-electron chi connectivity index (χ3n) is 6.96. The lowest BCUT2D eigenvalue weighted by Crippen LogP contribution is -2.56. The number of carbonyl (C=O) groups is 2. The Balaban J connectivity index is 1.64. The largest absolute Gasteiger partial charge is 0.362 e. The van der Waals surface area contributed by atoms with E-state index in [-0.39, 0.29) is 22.6 Å². The third-order valence-corrected chi connectivity index (χ3v) is 6.96. The second-order valence-corrected chi connectivity index (χ2v) is 7.89. The molecule has 2 spiro atoms. The smallest absolute Gasteiger partial charge is 0.172 e. The fourth-order valence-electron chi connectivity index (χ4n) is 5.73. The van der Waals surface area contributed by atoms with E-state index in [0.717, 1.165) is 43.2 Å². The van der Waals surface area contributed by atoms with Gasteiger partial charge in [0.1, 0.15) is 6.10 Å². The molecular weight excluding hydrogens is 276 g/mol. The summed E-state index contributed by atoms with van der Waals surface area (Å²) in [5.41, 5.74) is 0.532. The molecular formula is C19H20O3. The molecule has 4 atom stereocenters. The van der Waals surface area contributed by atoms with Crippen molar-refractivity contribution in [3.63, 3.8) is 0 Å². The van der Waals surface area contributed by atoms with Crippen LogP contribution in [0.1, 0.15) is 54.9 Å².